The fourth-order valence-electron chi connectivity index (χ4n) is 3.82. The maximum Gasteiger partial charge on any atom is 0.329 e. The van der Waals surface area contributed by atoms with Gasteiger partial charge in [-0.2, -0.15) is 0 Å². The number of hydrogen-bond acceptors (Lipinski definition) is 3. The normalized spacial score (nSPS) is 12.2. The van der Waals surface area contributed by atoms with Gasteiger partial charge < -0.3 is 9.88 Å². The van der Waals surface area contributed by atoms with Crippen LogP contribution in [0.3, 0.4) is 0 Å². The van der Waals surface area contributed by atoms with Crippen LogP contribution in [-0.4, -0.2) is 24.6 Å². The summed E-state index contributed by atoms with van der Waals surface area (Å²) >= 11 is 6.04. The van der Waals surface area contributed by atoms with E-state index in [4.69, 9.17) is 11.6 Å². The van der Waals surface area contributed by atoms with E-state index in [0.717, 1.165) is 23.0 Å². The zero-order valence-electron chi connectivity index (χ0n) is 17.5. The molecule has 0 aliphatic carbocycles. The first-order valence-corrected chi connectivity index (χ1v) is 10.6. The number of hydrogen-bond donors (Lipinski definition) is 1. The van der Waals surface area contributed by atoms with Crippen molar-refractivity contribution >= 4 is 28.5 Å². The highest BCUT2D eigenvalue weighted by Crippen LogP contribution is 2.22. The van der Waals surface area contributed by atoms with Gasteiger partial charge in [0.05, 0.1) is 11.0 Å². The third kappa shape index (κ3) is 4.14. The summed E-state index contributed by atoms with van der Waals surface area (Å²) in [5, 5.41) is 3.66. The van der Waals surface area contributed by atoms with Gasteiger partial charge in [-0.3, -0.25) is 13.9 Å². The van der Waals surface area contributed by atoms with Gasteiger partial charge in [-0.1, -0.05) is 42.8 Å². The van der Waals surface area contributed by atoms with Crippen molar-refractivity contribution in [2.45, 2.75) is 32.5 Å². The second-order valence-electron chi connectivity index (χ2n) is 7.46. The third-order valence-corrected chi connectivity index (χ3v) is 5.55. The standard InChI is InChI=1S/C23H24ClN5O2/c1-3-13-28-18-6-4-5-7-19(18)29(23(28)31)15-20(30)26-21(22-25-12-14-27(22)2)16-8-10-17(24)11-9-16/h4-12,14,21H,3,13,15H2,1-2H3,(H,26,30). The fraction of sp³-hybridized carbons (Fsp3) is 0.261. The zero-order valence-corrected chi connectivity index (χ0v) is 18.2. The molecule has 4 rings (SSSR count). The number of para-hydroxylation sites is 2. The lowest BCUT2D eigenvalue weighted by Gasteiger charge is -2.19. The molecule has 4 aromatic rings. The molecule has 0 bridgehead atoms. The first-order chi connectivity index (χ1) is 15.0. The highest BCUT2D eigenvalue weighted by atomic mass is 35.5. The summed E-state index contributed by atoms with van der Waals surface area (Å²) < 4.78 is 5.11. The van der Waals surface area contributed by atoms with E-state index in [1.54, 1.807) is 22.9 Å². The average Bonchev–Trinajstić information content (AvgIpc) is 3.30. The molecule has 1 N–H and O–H groups in total. The molecule has 1 atom stereocenters. The SMILES string of the molecule is CCCn1c(=O)n(CC(=O)NC(c2ccc(Cl)cc2)c2nccn2C)c2ccccc21. The molecule has 0 aliphatic rings. The van der Waals surface area contributed by atoms with Crippen LogP contribution in [0.4, 0.5) is 0 Å². The van der Waals surface area contributed by atoms with Crippen LogP contribution in [-0.2, 0) is 24.9 Å². The Kier molecular flexibility index (Phi) is 5.95. The molecule has 2 aromatic heterocycles. The Morgan fingerprint density at radius 1 is 1.10 bits per heavy atom. The molecule has 0 spiro atoms. The molecule has 0 saturated carbocycles. The molecule has 0 saturated heterocycles. The molecule has 0 aliphatic heterocycles. The lowest BCUT2D eigenvalue weighted by atomic mass is 10.1. The van der Waals surface area contributed by atoms with Crippen molar-refractivity contribution in [3.05, 3.63) is 87.8 Å². The second-order valence-corrected chi connectivity index (χ2v) is 7.89. The van der Waals surface area contributed by atoms with Crippen molar-refractivity contribution in [1.29, 1.82) is 0 Å². The number of fused-ring (bicyclic) bond motifs is 1. The molecule has 160 valence electrons. The summed E-state index contributed by atoms with van der Waals surface area (Å²) in [6, 6.07) is 14.4. The number of carbonyl (C=O) groups excluding carboxylic acids is 1. The van der Waals surface area contributed by atoms with Crippen molar-refractivity contribution in [3.63, 3.8) is 0 Å². The number of aryl methyl sites for hydroxylation is 2. The van der Waals surface area contributed by atoms with Crippen LogP contribution in [0.15, 0.2) is 65.7 Å². The van der Waals surface area contributed by atoms with Gasteiger partial charge in [-0.05, 0) is 36.2 Å². The number of aromatic nitrogens is 4. The monoisotopic (exact) mass is 437 g/mol. The van der Waals surface area contributed by atoms with Gasteiger partial charge in [0.15, 0.2) is 0 Å². The molecule has 2 aromatic carbocycles. The van der Waals surface area contributed by atoms with E-state index in [1.807, 2.05) is 61.1 Å². The Morgan fingerprint density at radius 3 is 2.39 bits per heavy atom. The Morgan fingerprint density at radius 2 is 1.77 bits per heavy atom. The minimum atomic E-state index is -0.468. The van der Waals surface area contributed by atoms with Gasteiger partial charge in [0.2, 0.25) is 5.91 Å². The van der Waals surface area contributed by atoms with Crippen LogP contribution >= 0.6 is 11.6 Å². The number of nitrogens with zero attached hydrogens (tertiary/aromatic N) is 4. The van der Waals surface area contributed by atoms with E-state index in [0.29, 0.717) is 17.4 Å². The summed E-state index contributed by atoms with van der Waals surface area (Å²) in [6.45, 7) is 2.55. The number of benzene rings is 2. The van der Waals surface area contributed by atoms with Crippen molar-refractivity contribution < 1.29 is 4.79 Å². The quantitative estimate of drug-likeness (QED) is 0.481. The molecule has 2 heterocycles. The summed E-state index contributed by atoms with van der Waals surface area (Å²) in [5.41, 5.74) is 2.25. The van der Waals surface area contributed by atoms with Crippen molar-refractivity contribution in [1.82, 2.24) is 24.0 Å². The maximum atomic E-state index is 13.1. The van der Waals surface area contributed by atoms with E-state index in [1.165, 1.54) is 4.57 Å². The molecule has 31 heavy (non-hydrogen) atoms. The van der Waals surface area contributed by atoms with Gasteiger partial charge >= 0.3 is 5.69 Å². The van der Waals surface area contributed by atoms with Crippen LogP contribution in [0.5, 0.6) is 0 Å². The fourth-order valence-corrected chi connectivity index (χ4v) is 3.95. The van der Waals surface area contributed by atoms with Crippen molar-refractivity contribution in [2.75, 3.05) is 0 Å². The lowest BCUT2D eigenvalue weighted by Crippen LogP contribution is -2.36. The van der Waals surface area contributed by atoms with Gasteiger partial charge in [-0.25, -0.2) is 9.78 Å². The van der Waals surface area contributed by atoms with E-state index in [-0.39, 0.29) is 18.1 Å². The van der Waals surface area contributed by atoms with Crippen molar-refractivity contribution in [2.24, 2.45) is 7.05 Å². The predicted molar refractivity (Wildman–Crippen MR) is 121 cm³/mol. The number of imidazole rings is 2. The third-order valence-electron chi connectivity index (χ3n) is 5.30. The molecule has 8 heteroatoms. The van der Waals surface area contributed by atoms with E-state index < -0.39 is 6.04 Å². The van der Waals surface area contributed by atoms with Gasteiger partial charge in [-0.15, -0.1) is 0 Å². The molecular formula is C23H24ClN5O2. The van der Waals surface area contributed by atoms with Crippen LogP contribution < -0.4 is 11.0 Å². The molecule has 0 fully saturated rings. The number of halogens is 1. The maximum absolute atomic E-state index is 13.1. The van der Waals surface area contributed by atoms with E-state index in [9.17, 15) is 9.59 Å². The highest BCUT2D eigenvalue weighted by Gasteiger charge is 2.22. The topological polar surface area (TPSA) is 73.8 Å². The molecule has 1 amide bonds. The largest absolute Gasteiger partial charge is 0.341 e. The molecule has 1 unspecified atom stereocenters. The van der Waals surface area contributed by atoms with Crippen LogP contribution in [0, 0.1) is 0 Å². The Balaban J connectivity index is 1.66. The predicted octanol–water partition coefficient (Wildman–Crippen LogP) is 3.51. The summed E-state index contributed by atoms with van der Waals surface area (Å²) in [6.07, 6.45) is 4.35. The minimum absolute atomic E-state index is 0.0788. The molecule has 7 nitrogen and oxygen atoms in total. The number of nitrogens with one attached hydrogen (secondary N) is 1. The van der Waals surface area contributed by atoms with Gasteiger partial charge in [0.1, 0.15) is 18.4 Å². The summed E-state index contributed by atoms with van der Waals surface area (Å²) in [7, 11) is 1.88. The van der Waals surface area contributed by atoms with Gasteiger partial charge in [0, 0.05) is 31.0 Å². The second kappa shape index (κ2) is 8.81. The highest BCUT2D eigenvalue weighted by molar-refractivity contribution is 6.30. The van der Waals surface area contributed by atoms with E-state index in [2.05, 4.69) is 10.3 Å². The summed E-state index contributed by atoms with van der Waals surface area (Å²) in [4.78, 5) is 30.5. The van der Waals surface area contributed by atoms with Crippen LogP contribution in [0.2, 0.25) is 5.02 Å². The smallest absolute Gasteiger partial charge is 0.329 e. The van der Waals surface area contributed by atoms with E-state index >= 15 is 0 Å². The van der Waals surface area contributed by atoms with Crippen LogP contribution in [0.25, 0.3) is 11.0 Å². The number of carbonyl (C=O) groups is 1. The number of amides is 1. The lowest BCUT2D eigenvalue weighted by molar-refractivity contribution is -0.122. The summed E-state index contributed by atoms with van der Waals surface area (Å²) in [5.74, 6) is 0.417. The average molecular weight is 438 g/mol. The van der Waals surface area contributed by atoms with Crippen LogP contribution in [0.1, 0.15) is 30.8 Å². The Labute approximate surface area is 184 Å². The zero-order chi connectivity index (χ0) is 22.0. The first-order valence-electron chi connectivity index (χ1n) is 10.2. The first kappa shape index (κ1) is 20.9. The molecular weight excluding hydrogens is 414 g/mol. The Hall–Kier alpha value is -3.32. The minimum Gasteiger partial charge on any atom is -0.341 e. The molecule has 0 radical (unpaired) electrons. The van der Waals surface area contributed by atoms with Gasteiger partial charge in [0.25, 0.3) is 0 Å². The van der Waals surface area contributed by atoms with Crippen molar-refractivity contribution in [3.8, 4) is 0 Å². The Bertz CT molecular complexity index is 1270. The number of rotatable bonds is 7.